The molecule has 1 unspecified atom stereocenters. The first-order valence-electron chi connectivity index (χ1n) is 7.49. The summed E-state index contributed by atoms with van der Waals surface area (Å²) in [6.45, 7) is 3.29. The van der Waals surface area contributed by atoms with Crippen molar-refractivity contribution in [1.29, 1.82) is 0 Å². The van der Waals surface area contributed by atoms with Gasteiger partial charge in [-0.1, -0.05) is 6.92 Å². The minimum Gasteiger partial charge on any atom is -0.376 e. The van der Waals surface area contributed by atoms with Crippen molar-refractivity contribution in [1.82, 2.24) is 29.4 Å². The zero-order valence-corrected chi connectivity index (χ0v) is 12.3. The number of hydrogen-bond donors (Lipinski definition) is 0. The molecule has 0 aromatic carbocycles. The molecule has 22 heavy (non-hydrogen) atoms. The van der Waals surface area contributed by atoms with Crippen molar-refractivity contribution in [2.45, 2.75) is 38.8 Å². The van der Waals surface area contributed by atoms with Crippen LogP contribution < -0.4 is 5.56 Å². The van der Waals surface area contributed by atoms with Gasteiger partial charge < -0.3 is 9.30 Å². The Kier molecular flexibility index (Phi) is 3.11. The first-order valence-corrected chi connectivity index (χ1v) is 7.49. The van der Waals surface area contributed by atoms with Crippen LogP contribution in [0.15, 0.2) is 17.1 Å². The predicted molar refractivity (Wildman–Crippen MR) is 78.7 cm³/mol. The number of rotatable bonds is 3. The van der Waals surface area contributed by atoms with Crippen molar-refractivity contribution in [2.75, 3.05) is 6.61 Å². The zero-order valence-electron chi connectivity index (χ0n) is 12.3. The van der Waals surface area contributed by atoms with Gasteiger partial charge in [-0.3, -0.25) is 4.79 Å². The van der Waals surface area contributed by atoms with Gasteiger partial charge >= 0.3 is 0 Å². The van der Waals surface area contributed by atoms with Crippen LogP contribution in [0, 0.1) is 0 Å². The van der Waals surface area contributed by atoms with Crippen molar-refractivity contribution in [3.05, 3.63) is 28.4 Å². The number of ether oxygens (including phenoxy) is 1. The summed E-state index contributed by atoms with van der Waals surface area (Å²) in [4.78, 5) is 16.8. The van der Waals surface area contributed by atoms with Crippen molar-refractivity contribution in [3.8, 4) is 0 Å². The van der Waals surface area contributed by atoms with Gasteiger partial charge in [-0.25, -0.2) is 0 Å². The van der Waals surface area contributed by atoms with Gasteiger partial charge in [0.15, 0.2) is 11.3 Å². The highest BCUT2D eigenvalue weighted by atomic mass is 16.5. The molecule has 114 valence electrons. The van der Waals surface area contributed by atoms with Crippen LogP contribution in [0.3, 0.4) is 0 Å². The fraction of sp³-hybridized carbons (Fsp3) is 0.500. The summed E-state index contributed by atoms with van der Waals surface area (Å²) >= 11 is 0. The van der Waals surface area contributed by atoms with Crippen LogP contribution in [0.4, 0.5) is 0 Å². The lowest BCUT2D eigenvalue weighted by atomic mass is 10.2. The molecule has 1 saturated heterocycles. The fourth-order valence-electron chi connectivity index (χ4n) is 2.79. The summed E-state index contributed by atoms with van der Waals surface area (Å²) in [7, 11) is 0. The van der Waals surface area contributed by atoms with Crippen molar-refractivity contribution < 1.29 is 4.74 Å². The van der Waals surface area contributed by atoms with Crippen LogP contribution in [0.1, 0.15) is 25.6 Å². The minimum absolute atomic E-state index is 0.102. The number of fused-ring (bicyclic) bond motifs is 3. The van der Waals surface area contributed by atoms with Gasteiger partial charge in [0.2, 0.25) is 0 Å². The van der Waals surface area contributed by atoms with Gasteiger partial charge in [0.25, 0.3) is 11.3 Å². The third-order valence-electron chi connectivity index (χ3n) is 3.96. The molecule has 0 N–H and O–H groups in total. The number of hydrogen-bond acceptors (Lipinski definition) is 6. The molecule has 8 nitrogen and oxygen atoms in total. The van der Waals surface area contributed by atoms with Gasteiger partial charge in [0, 0.05) is 19.2 Å². The zero-order chi connectivity index (χ0) is 15.1. The number of aryl methyl sites for hydroxylation is 1. The molecule has 1 fully saturated rings. The second-order valence-corrected chi connectivity index (χ2v) is 5.44. The van der Waals surface area contributed by atoms with Gasteiger partial charge in [-0.2, -0.15) is 9.50 Å². The maximum Gasteiger partial charge on any atom is 0.280 e. The van der Waals surface area contributed by atoms with E-state index >= 15 is 0 Å². The van der Waals surface area contributed by atoms with E-state index in [2.05, 4.69) is 20.3 Å². The predicted octanol–water partition coefficient (Wildman–Crippen LogP) is 0.576. The normalized spacial score (nSPS) is 18.5. The Hall–Kier alpha value is -2.35. The highest BCUT2D eigenvalue weighted by Crippen LogP contribution is 2.14. The van der Waals surface area contributed by atoms with E-state index < -0.39 is 0 Å². The van der Waals surface area contributed by atoms with Crippen LogP contribution >= 0.6 is 0 Å². The van der Waals surface area contributed by atoms with Crippen molar-refractivity contribution in [2.24, 2.45) is 0 Å². The van der Waals surface area contributed by atoms with Gasteiger partial charge in [-0.05, 0) is 18.9 Å². The van der Waals surface area contributed by atoms with E-state index in [0.717, 1.165) is 19.4 Å². The Labute approximate surface area is 125 Å². The maximum absolute atomic E-state index is 12.6. The molecular formula is C14H16N6O2. The quantitative estimate of drug-likeness (QED) is 0.703. The molecule has 1 aliphatic rings. The van der Waals surface area contributed by atoms with E-state index in [1.54, 1.807) is 15.3 Å². The second kappa shape index (κ2) is 5.13. The average molecular weight is 300 g/mol. The molecule has 3 aromatic rings. The highest BCUT2D eigenvalue weighted by Gasteiger charge is 2.18. The van der Waals surface area contributed by atoms with E-state index in [9.17, 15) is 4.79 Å². The van der Waals surface area contributed by atoms with Crippen LogP contribution in [0.5, 0.6) is 0 Å². The molecule has 3 aromatic heterocycles. The number of nitrogens with zero attached hydrogens (tertiary/aromatic N) is 6. The lowest BCUT2D eigenvalue weighted by Gasteiger charge is -2.11. The lowest BCUT2D eigenvalue weighted by molar-refractivity contribution is 0.0963. The molecule has 8 heteroatoms. The first-order chi connectivity index (χ1) is 10.8. The number of aromatic nitrogens is 6. The second-order valence-electron chi connectivity index (χ2n) is 5.44. The topological polar surface area (TPSA) is 87.2 Å². The maximum atomic E-state index is 12.6. The molecular weight excluding hydrogens is 284 g/mol. The monoisotopic (exact) mass is 300 g/mol. The minimum atomic E-state index is -0.170. The summed E-state index contributed by atoms with van der Waals surface area (Å²) in [6, 6.07) is 1.83. The van der Waals surface area contributed by atoms with E-state index in [4.69, 9.17) is 4.74 Å². The Morgan fingerprint density at radius 2 is 2.32 bits per heavy atom. The molecule has 0 radical (unpaired) electrons. The molecule has 4 heterocycles. The summed E-state index contributed by atoms with van der Waals surface area (Å²) in [5.74, 6) is 1.10. The van der Waals surface area contributed by atoms with Gasteiger partial charge in [0.1, 0.15) is 5.52 Å². The Balaban J connectivity index is 1.84. The fourth-order valence-corrected chi connectivity index (χ4v) is 2.79. The van der Waals surface area contributed by atoms with Crippen molar-refractivity contribution >= 4 is 16.8 Å². The van der Waals surface area contributed by atoms with E-state index in [-0.39, 0.29) is 11.7 Å². The van der Waals surface area contributed by atoms with Gasteiger partial charge in [-0.15, -0.1) is 15.3 Å². The first kappa shape index (κ1) is 13.3. The van der Waals surface area contributed by atoms with Crippen LogP contribution in [-0.4, -0.2) is 42.1 Å². The van der Waals surface area contributed by atoms with E-state index in [1.165, 1.54) is 0 Å². The largest absolute Gasteiger partial charge is 0.376 e. The van der Waals surface area contributed by atoms with Crippen LogP contribution in [-0.2, 0) is 17.7 Å². The molecule has 0 bridgehead atoms. The highest BCUT2D eigenvalue weighted by molar-refractivity contribution is 5.74. The number of pyridine rings is 1. The van der Waals surface area contributed by atoms with Crippen LogP contribution in [0.25, 0.3) is 16.8 Å². The summed E-state index contributed by atoms with van der Waals surface area (Å²) in [5, 5.41) is 12.4. The molecule has 1 aliphatic heterocycles. The summed E-state index contributed by atoms with van der Waals surface area (Å²) in [5.41, 5.74) is 0.766. The Morgan fingerprint density at radius 1 is 1.41 bits per heavy atom. The average Bonchev–Trinajstić information content (AvgIpc) is 3.18. The Morgan fingerprint density at radius 3 is 3.09 bits per heavy atom. The third kappa shape index (κ3) is 2.07. The summed E-state index contributed by atoms with van der Waals surface area (Å²) < 4.78 is 8.81. The lowest BCUT2D eigenvalue weighted by Crippen LogP contribution is -2.27. The van der Waals surface area contributed by atoms with E-state index in [1.807, 2.05) is 13.0 Å². The third-order valence-corrected chi connectivity index (χ3v) is 3.96. The molecule has 0 amide bonds. The van der Waals surface area contributed by atoms with Crippen molar-refractivity contribution in [3.63, 3.8) is 0 Å². The molecule has 0 aliphatic carbocycles. The standard InChI is InChI=1S/C14H16N6O2/c1-2-11-15-14-17-16-12-10(20(14)18-11)5-6-19(13(12)21)8-9-4-3-7-22-9/h5-6,9H,2-4,7-8H2,1H3. The Bertz CT molecular complexity index is 893. The van der Waals surface area contributed by atoms with Gasteiger partial charge in [0.05, 0.1) is 12.6 Å². The smallest absolute Gasteiger partial charge is 0.280 e. The molecule has 1 atom stereocenters. The molecule has 4 rings (SSSR count). The molecule has 0 saturated carbocycles. The SMILES string of the molecule is CCc1nc2nnc3c(=O)n(CC4CCCO4)ccc3n2n1. The van der Waals surface area contributed by atoms with E-state index in [0.29, 0.717) is 35.6 Å². The van der Waals surface area contributed by atoms with Crippen LogP contribution in [0.2, 0.25) is 0 Å². The molecule has 0 spiro atoms. The summed E-state index contributed by atoms with van der Waals surface area (Å²) in [6.07, 6.45) is 4.61.